The number of ether oxygens (including phenoxy) is 1. The molecule has 0 fully saturated rings. The van der Waals surface area contributed by atoms with Crippen LogP contribution in [0.3, 0.4) is 0 Å². The number of nitrogens with zero attached hydrogens (tertiary/aromatic N) is 3. The third kappa shape index (κ3) is 2.26. The van der Waals surface area contributed by atoms with Gasteiger partial charge in [-0.3, -0.25) is 0 Å². The van der Waals surface area contributed by atoms with E-state index in [2.05, 4.69) is 10.1 Å². The summed E-state index contributed by atoms with van der Waals surface area (Å²) in [6.07, 6.45) is 0.907. The van der Waals surface area contributed by atoms with Crippen molar-refractivity contribution in [1.82, 2.24) is 14.8 Å². The number of fused-ring (bicyclic) bond motifs is 1. The van der Waals surface area contributed by atoms with Gasteiger partial charge in [-0.15, -0.1) is 5.10 Å². The highest BCUT2D eigenvalue weighted by Crippen LogP contribution is 2.38. The van der Waals surface area contributed by atoms with Crippen LogP contribution in [0.15, 0.2) is 18.2 Å². The van der Waals surface area contributed by atoms with Crippen LogP contribution in [0.2, 0.25) is 0 Å². The van der Waals surface area contributed by atoms with Crippen molar-refractivity contribution in [3.05, 3.63) is 35.4 Å². The van der Waals surface area contributed by atoms with Crippen molar-refractivity contribution >= 4 is 11.9 Å². The second-order valence-corrected chi connectivity index (χ2v) is 5.15. The van der Waals surface area contributed by atoms with Crippen LogP contribution >= 0.6 is 0 Å². The zero-order valence-corrected chi connectivity index (χ0v) is 11.9. The third-order valence-electron chi connectivity index (χ3n) is 3.87. The maximum absolute atomic E-state index is 13.9. The third-order valence-corrected chi connectivity index (χ3v) is 3.87. The van der Waals surface area contributed by atoms with Crippen LogP contribution in [0.5, 0.6) is 5.75 Å². The Labute approximate surface area is 125 Å². The van der Waals surface area contributed by atoms with Gasteiger partial charge in [-0.25, -0.2) is 13.9 Å². The minimum absolute atomic E-state index is 0.0159. The fourth-order valence-corrected chi connectivity index (χ4v) is 2.84. The number of nitrogens with two attached hydrogens (primary N) is 1. The summed E-state index contributed by atoms with van der Waals surface area (Å²) in [6.45, 7) is 0. The van der Waals surface area contributed by atoms with E-state index in [1.54, 1.807) is 6.07 Å². The predicted molar refractivity (Wildman–Crippen MR) is 75.1 cm³/mol. The van der Waals surface area contributed by atoms with Crippen LogP contribution in [0.25, 0.3) is 0 Å². The summed E-state index contributed by atoms with van der Waals surface area (Å²) in [4.78, 5) is 15.4. The monoisotopic (exact) mass is 306 g/mol. The Balaban J connectivity index is 2.03. The Morgan fingerprint density at radius 2 is 2.27 bits per heavy atom. The number of methoxy groups -OCH3 is 1. The normalized spacial score (nSPS) is 20.5. The first-order valence-corrected chi connectivity index (χ1v) is 6.79. The van der Waals surface area contributed by atoms with Crippen molar-refractivity contribution in [1.29, 1.82) is 0 Å². The lowest BCUT2D eigenvalue weighted by molar-refractivity contribution is -0.141. The number of rotatable bonds is 3. The van der Waals surface area contributed by atoms with E-state index in [9.17, 15) is 14.3 Å². The number of benzene rings is 1. The van der Waals surface area contributed by atoms with Crippen molar-refractivity contribution in [2.45, 2.75) is 24.8 Å². The highest BCUT2D eigenvalue weighted by Gasteiger charge is 2.35. The van der Waals surface area contributed by atoms with Gasteiger partial charge >= 0.3 is 5.97 Å². The van der Waals surface area contributed by atoms with E-state index in [4.69, 9.17) is 10.5 Å². The van der Waals surface area contributed by atoms with Gasteiger partial charge in [0.1, 0.15) is 5.82 Å². The molecule has 1 aromatic carbocycles. The summed E-state index contributed by atoms with van der Waals surface area (Å²) in [5, 5.41) is 13.2. The van der Waals surface area contributed by atoms with E-state index in [1.807, 2.05) is 0 Å². The van der Waals surface area contributed by atoms with Crippen LogP contribution in [-0.4, -0.2) is 33.0 Å². The highest BCUT2D eigenvalue weighted by molar-refractivity contribution is 5.72. The SMILES string of the molecule is COc1ccc(C2CCC(C(=O)O)n3nc(N)nc32)cc1F. The van der Waals surface area contributed by atoms with Gasteiger partial charge in [0.05, 0.1) is 7.11 Å². The number of carboxylic acid groups (broad SMARTS) is 1. The maximum atomic E-state index is 13.9. The van der Waals surface area contributed by atoms with Crippen molar-refractivity contribution in [3.63, 3.8) is 0 Å². The van der Waals surface area contributed by atoms with Gasteiger partial charge in [-0.2, -0.15) is 4.98 Å². The number of hydrogen-bond acceptors (Lipinski definition) is 5. The summed E-state index contributed by atoms with van der Waals surface area (Å²) >= 11 is 0. The zero-order valence-electron chi connectivity index (χ0n) is 11.9. The Morgan fingerprint density at radius 1 is 1.50 bits per heavy atom. The molecule has 0 amide bonds. The van der Waals surface area contributed by atoms with Crippen LogP contribution in [0.4, 0.5) is 10.3 Å². The molecule has 1 aromatic heterocycles. The van der Waals surface area contributed by atoms with E-state index < -0.39 is 17.8 Å². The lowest BCUT2D eigenvalue weighted by Crippen LogP contribution is -2.28. The molecule has 2 aromatic rings. The van der Waals surface area contributed by atoms with Gasteiger partial charge in [0.15, 0.2) is 17.6 Å². The van der Waals surface area contributed by atoms with E-state index in [1.165, 1.54) is 23.9 Å². The lowest BCUT2D eigenvalue weighted by atomic mass is 9.88. The molecule has 0 radical (unpaired) electrons. The fourth-order valence-electron chi connectivity index (χ4n) is 2.84. The molecule has 3 N–H and O–H groups in total. The Hall–Kier alpha value is -2.64. The molecule has 0 saturated heterocycles. The predicted octanol–water partition coefficient (Wildman–Crippen LogP) is 1.56. The Bertz CT molecular complexity index is 731. The summed E-state index contributed by atoms with van der Waals surface area (Å²) in [6, 6.07) is 3.86. The molecule has 2 unspecified atom stereocenters. The van der Waals surface area contributed by atoms with Crippen LogP contribution in [0.1, 0.15) is 36.2 Å². The van der Waals surface area contributed by atoms with Gasteiger partial charge < -0.3 is 15.6 Å². The standard InChI is InChI=1S/C14H15FN4O3/c1-22-11-5-2-7(6-9(11)15)8-3-4-10(13(20)21)19-12(8)17-14(16)18-19/h2,5-6,8,10H,3-4H2,1H3,(H2,16,18)(H,20,21). The molecule has 0 spiro atoms. The molecule has 8 heteroatoms. The van der Waals surface area contributed by atoms with E-state index in [-0.39, 0.29) is 17.6 Å². The lowest BCUT2D eigenvalue weighted by Gasteiger charge is -2.27. The van der Waals surface area contributed by atoms with Crippen LogP contribution in [-0.2, 0) is 4.79 Å². The molecule has 2 heterocycles. The molecule has 7 nitrogen and oxygen atoms in total. The van der Waals surface area contributed by atoms with Gasteiger partial charge in [-0.05, 0) is 30.5 Å². The molecule has 116 valence electrons. The minimum atomic E-state index is -0.981. The van der Waals surface area contributed by atoms with Crippen LogP contribution in [0, 0.1) is 5.82 Å². The number of anilines is 1. The van der Waals surface area contributed by atoms with Crippen molar-refractivity contribution in [3.8, 4) is 5.75 Å². The molecule has 0 aliphatic carbocycles. The van der Waals surface area contributed by atoms with Crippen LogP contribution < -0.4 is 10.5 Å². The summed E-state index contributed by atoms with van der Waals surface area (Å²) in [5.41, 5.74) is 6.30. The highest BCUT2D eigenvalue weighted by atomic mass is 19.1. The largest absolute Gasteiger partial charge is 0.494 e. The maximum Gasteiger partial charge on any atom is 0.328 e. The number of carbonyl (C=O) groups is 1. The van der Waals surface area contributed by atoms with Crippen molar-refractivity contribution in [2.75, 3.05) is 12.8 Å². The van der Waals surface area contributed by atoms with Gasteiger partial charge in [-0.1, -0.05) is 6.07 Å². The summed E-state index contributed by atoms with van der Waals surface area (Å²) in [7, 11) is 1.40. The van der Waals surface area contributed by atoms with Crippen molar-refractivity contribution < 1.29 is 19.0 Å². The topological polar surface area (TPSA) is 103 Å². The molecule has 22 heavy (non-hydrogen) atoms. The molecule has 1 aliphatic rings. The number of carboxylic acids is 1. The minimum Gasteiger partial charge on any atom is -0.494 e. The van der Waals surface area contributed by atoms with Gasteiger partial charge in [0, 0.05) is 5.92 Å². The molecule has 2 atom stereocenters. The first kappa shape index (κ1) is 14.3. The Kier molecular flexibility index (Phi) is 3.44. The molecular weight excluding hydrogens is 291 g/mol. The quantitative estimate of drug-likeness (QED) is 0.892. The number of aromatic nitrogens is 3. The fraction of sp³-hybridized carbons (Fsp3) is 0.357. The van der Waals surface area contributed by atoms with Gasteiger partial charge in [0.2, 0.25) is 5.95 Å². The average molecular weight is 306 g/mol. The number of nitrogen functional groups attached to an aromatic ring is 1. The second kappa shape index (κ2) is 5.28. The van der Waals surface area contributed by atoms with Gasteiger partial charge in [0.25, 0.3) is 0 Å². The summed E-state index contributed by atoms with van der Waals surface area (Å²) < 4.78 is 20.1. The molecule has 0 saturated carbocycles. The van der Waals surface area contributed by atoms with E-state index >= 15 is 0 Å². The first-order chi connectivity index (χ1) is 10.5. The summed E-state index contributed by atoms with van der Waals surface area (Å²) in [5.74, 6) is -1.09. The molecule has 0 bridgehead atoms. The number of aliphatic carboxylic acids is 1. The first-order valence-electron chi connectivity index (χ1n) is 6.79. The van der Waals surface area contributed by atoms with E-state index in [0.717, 1.165) is 0 Å². The molecular formula is C14H15FN4O3. The number of halogens is 1. The zero-order chi connectivity index (χ0) is 15.9. The Morgan fingerprint density at radius 3 is 2.91 bits per heavy atom. The molecule has 1 aliphatic heterocycles. The average Bonchev–Trinajstić information content (AvgIpc) is 2.86. The molecule has 3 rings (SSSR count). The smallest absolute Gasteiger partial charge is 0.328 e. The van der Waals surface area contributed by atoms with E-state index in [0.29, 0.717) is 24.2 Å². The number of hydrogen-bond donors (Lipinski definition) is 2. The second-order valence-electron chi connectivity index (χ2n) is 5.15. The van der Waals surface area contributed by atoms with Crippen molar-refractivity contribution in [2.24, 2.45) is 0 Å².